The number of nitrogens with two attached hydrogens (primary N) is 1. The maximum absolute atomic E-state index is 11.2. The zero-order valence-electron chi connectivity index (χ0n) is 11.0. The van der Waals surface area contributed by atoms with Gasteiger partial charge >= 0.3 is 5.97 Å². The summed E-state index contributed by atoms with van der Waals surface area (Å²) in [4.78, 5) is 11.2. The zero-order chi connectivity index (χ0) is 14.1. The molecule has 0 unspecified atom stereocenters. The van der Waals surface area contributed by atoms with E-state index in [4.69, 9.17) is 21.8 Å². The van der Waals surface area contributed by atoms with Gasteiger partial charge < -0.3 is 15.2 Å². The number of carbonyl (C=O) groups is 1. The standard InChI is InChI=1S/C13H16N2O3/c1-2-17-13(16)9-18-12-5-3-4-10(7-12)6-11(15)8-14/h3-5,7,11H,2,6,9,15H2,1H3/t11-/m0/s1/i1T. The van der Waals surface area contributed by atoms with Crippen LogP contribution in [0.25, 0.3) is 0 Å². The van der Waals surface area contributed by atoms with Gasteiger partial charge in [-0.1, -0.05) is 12.1 Å². The van der Waals surface area contributed by atoms with E-state index in [1.165, 1.54) is 0 Å². The molecule has 1 aromatic carbocycles. The summed E-state index contributed by atoms with van der Waals surface area (Å²) in [7, 11) is 0. The predicted molar refractivity (Wildman–Crippen MR) is 65.9 cm³/mol. The first-order valence-electron chi connectivity index (χ1n) is 6.18. The zero-order valence-corrected chi connectivity index (χ0v) is 9.96. The molecule has 1 rings (SSSR count). The minimum Gasteiger partial charge on any atom is -0.482 e. The number of nitriles is 1. The highest BCUT2D eigenvalue weighted by molar-refractivity contribution is 5.71. The quantitative estimate of drug-likeness (QED) is 0.762. The van der Waals surface area contributed by atoms with E-state index in [1.54, 1.807) is 18.2 Å². The molecule has 0 heterocycles. The topological polar surface area (TPSA) is 85.3 Å². The molecule has 0 aliphatic carbocycles. The number of rotatable bonds is 6. The third-order valence-corrected chi connectivity index (χ3v) is 2.14. The highest BCUT2D eigenvalue weighted by Crippen LogP contribution is 2.14. The Hall–Kier alpha value is -2.06. The number of esters is 1. The van der Waals surface area contributed by atoms with Crippen molar-refractivity contribution in [2.75, 3.05) is 13.2 Å². The molecule has 96 valence electrons. The van der Waals surface area contributed by atoms with Crippen LogP contribution in [-0.4, -0.2) is 25.2 Å². The van der Waals surface area contributed by atoms with Gasteiger partial charge in [-0.2, -0.15) is 5.26 Å². The van der Waals surface area contributed by atoms with Gasteiger partial charge in [-0.3, -0.25) is 0 Å². The molecule has 2 N–H and O–H groups in total. The summed E-state index contributed by atoms with van der Waals surface area (Å²) in [6, 6.07) is 8.44. The van der Waals surface area contributed by atoms with Crippen LogP contribution in [0, 0.1) is 11.3 Å². The Bertz CT molecular complexity index is 459. The highest BCUT2D eigenvalue weighted by Gasteiger charge is 2.05. The minimum absolute atomic E-state index is 0.0350. The van der Waals surface area contributed by atoms with Crippen molar-refractivity contribution in [2.24, 2.45) is 5.73 Å². The van der Waals surface area contributed by atoms with Gasteiger partial charge in [0.15, 0.2) is 6.61 Å². The first-order chi connectivity index (χ1) is 9.15. The van der Waals surface area contributed by atoms with E-state index in [9.17, 15) is 4.79 Å². The minimum atomic E-state index is -0.558. The normalized spacial score (nSPS) is 12.1. The van der Waals surface area contributed by atoms with Crippen molar-refractivity contribution in [1.29, 1.82) is 5.26 Å². The Morgan fingerprint density at radius 1 is 1.67 bits per heavy atom. The van der Waals surface area contributed by atoms with Crippen LogP contribution in [0.4, 0.5) is 0 Å². The third kappa shape index (κ3) is 4.85. The molecule has 0 saturated carbocycles. The van der Waals surface area contributed by atoms with Crippen molar-refractivity contribution in [3.63, 3.8) is 0 Å². The van der Waals surface area contributed by atoms with Gasteiger partial charge in [0.25, 0.3) is 0 Å². The maximum atomic E-state index is 11.2. The van der Waals surface area contributed by atoms with Crippen LogP contribution in [0.2, 0.25) is 0 Å². The number of ether oxygens (including phenoxy) is 2. The second kappa shape index (κ2) is 7.30. The van der Waals surface area contributed by atoms with Crippen LogP contribution < -0.4 is 10.5 Å². The monoisotopic (exact) mass is 250 g/mol. The lowest BCUT2D eigenvalue weighted by molar-refractivity contribution is -0.145. The molecule has 5 nitrogen and oxygen atoms in total. The van der Waals surface area contributed by atoms with Gasteiger partial charge in [-0.05, 0) is 24.6 Å². The Morgan fingerprint density at radius 2 is 2.50 bits per heavy atom. The average Bonchev–Trinajstić information content (AvgIpc) is 2.43. The van der Waals surface area contributed by atoms with E-state index in [1.807, 2.05) is 12.1 Å². The molecule has 0 bridgehead atoms. The number of hydrogen-bond donors (Lipinski definition) is 1. The fourth-order valence-corrected chi connectivity index (χ4v) is 1.36. The molecule has 0 aliphatic heterocycles. The summed E-state index contributed by atoms with van der Waals surface area (Å²) < 4.78 is 16.8. The van der Waals surface area contributed by atoms with E-state index in [0.29, 0.717) is 12.2 Å². The molecule has 18 heavy (non-hydrogen) atoms. The third-order valence-electron chi connectivity index (χ3n) is 2.14. The number of benzene rings is 1. The lowest BCUT2D eigenvalue weighted by atomic mass is 10.1. The van der Waals surface area contributed by atoms with Crippen LogP contribution in [-0.2, 0) is 16.0 Å². The van der Waals surface area contributed by atoms with Crippen molar-refractivity contribution in [3.05, 3.63) is 29.8 Å². The summed E-state index contributed by atoms with van der Waals surface area (Å²) >= 11 is 0. The van der Waals surface area contributed by atoms with Gasteiger partial charge in [0.2, 0.25) is 0 Å². The summed E-state index contributed by atoms with van der Waals surface area (Å²) in [6.45, 7) is -0.0969. The molecule has 0 aromatic heterocycles. The Balaban J connectivity index is 2.48. The molecule has 0 spiro atoms. The molecule has 0 amide bonds. The van der Waals surface area contributed by atoms with Crippen molar-refractivity contribution in [2.45, 2.75) is 19.4 Å². The van der Waals surface area contributed by atoms with Gasteiger partial charge in [-0.15, -0.1) is 0 Å². The fraction of sp³-hybridized carbons (Fsp3) is 0.385. The summed E-state index contributed by atoms with van der Waals surface area (Å²) in [5.41, 5.74) is 6.41. The van der Waals surface area contributed by atoms with Gasteiger partial charge in [-0.25, -0.2) is 4.79 Å². The SMILES string of the molecule is [3H]CCOC(=O)COc1cccc(C[C@H](N)C#N)c1. The van der Waals surface area contributed by atoms with Crippen molar-refractivity contribution in [3.8, 4) is 11.8 Å². The lowest BCUT2D eigenvalue weighted by Crippen LogP contribution is -2.20. The molecular weight excluding hydrogens is 232 g/mol. The summed E-state index contributed by atoms with van der Waals surface area (Å²) in [6.07, 6.45) is 0.428. The molecule has 0 aliphatic rings. The first-order valence-corrected chi connectivity index (χ1v) is 5.47. The predicted octanol–water partition coefficient (Wildman–Crippen LogP) is 1.02. The first kappa shape index (κ1) is 12.4. The van der Waals surface area contributed by atoms with E-state index in [2.05, 4.69) is 0 Å². The van der Waals surface area contributed by atoms with Crippen LogP contribution in [0.5, 0.6) is 5.75 Å². The van der Waals surface area contributed by atoms with Crippen LogP contribution in [0.3, 0.4) is 0 Å². The second-order valence-electron chi connectivity index (χ2n) is 3.60. The number of hydrogen-bond acceptors (Lipinski definition) is 5. The highest BCUT2D eigenvalue weighted by atomic mass is 16.6. The van der Waals surface area contributed by atoms with Crippen LogP contribution in [0.15, 0.2) is 24.3 Å². The van der Waals surface area contributed by atoms with Gasteiger partial charge in [0.05, 0.1) is 18.7 Å². The lowest BCUT2D eigenvalue weighted by Gasteiger charge is -2.08. The molecular formula is C13H16N2O3. The number of carbonyl (C=O) groups excluding carboxylic acids is 1. The van der Waals surface area contributed by atoms with Crippen molar-refractivity contribution in [1.82, 2.24) is 0 Å². The fourth-order valence-electron chi connectivity index (χ4n) is 1.36. The maximum Gasteiger partial charge on any atom is 0.344 e. The smallest absolute Gasteiger partial charge is 0.344 e. The van der Waals surface area contributed by atoms with Gasteiger partial charge in [0, 0.05) is 7.79 Å². The van der Waals surface area contributed by atoms with Crippen LogP contribution >= 0.6 is 0 Å². The Morgan fingerprint density at radius 3 is 3.22 bits per heavy atom. The van der Waals surface area contributed by atoms with E-state index in [0.717, 1.165) is 5.56 Å². The molecule has 1 aromatic rings. The van der Waals surface area contributed by atoms with Crippen LogP contribution in [0.1, 0.15) is 13.8 Å². The van der Waals surface area contributed by atoms with E-state index < -0.39 is 12.0 Å². The van der Waals surface area contributed by atoms with E-state index in [-0.39, 0.29) is 20.1 Å². The van der Waals surface area contributed by atoms with Gasteiger partial charge in [0.1, 0.15) is 5.75 Å². The molecule has 0 radical (unpaired) electrons. The summed E-state index contributed by atoms with van der Waals surface area (Å²) in [5.74, 6) is 0.0110. The Labute approximate surface area is 108 Å². The molecule has 5 heteroatoms. The average molecular weight is 250 g/mol. The second-order valence-corrected chi connectivity index (χ2v) is 3.60. The molecule has 0 saturated heterocycles. The Kier molecular flexibility index (Phi) is 5.03. The van der Waals surface area contributed by atoms with E-state index >= 15 is 0 Å². The molecule has 1 atom stereocenters. The molecule has 0 fully saturated rings. The number of nitrogens with zero attached hydrogens (tertiary/aromatic N) is 1. The summed E-state index contributed by atoms with van der Waals surface area (Å²) in [5, 5.41) is 8.64. The largest absolute Gasteiger partial charge is 0.482 e. The van der Waals surface area contributed by atoms with Crippen molar-refractivity contribution >= 4 is 5.97 Å². The van der Waals surface area contributed by atoms with Crippen molar-refractivity contribution < 1.29 is 15.6 Å².